The molecule has 1 aliphatic rings. The molecular weight excluding hydrogens is 476 g/mol. The average molecular weight is 505 g/mol. The van der Waals surface area contributed by atoms with Gasteiger partial charge in [0.1, 0.15) is 11.9 Å². The molecule has 0 aromatic heterocycles. The molecule has 1 N–H and O–H groups in total. The Balaban J connectivity index is 1.34. The van der Waals surface area contributed by atoms with E-state index in [2.05, 4.69) is 4.90 Å². The van der Waals surface area contributed by atoms with Crippen LogP contribution in [-0.2, 0) is 25.7 Å². The quantitative estimate of drug-likeness (QED) is 0.297. The van der Waals surface area contributed by atoms with Gasteiger partial charge in [-0.3, -0.25) is 4.90 Å². The van der Waals surface area contributed by atoms with Crippen molar-refractivity contribution in [1.82, 2.24) is 4.90 Å². The minimum absolute atomic E-state index is 0.105. The first-order chi connectivity index (χ1) is 17.9. The lowest BCUT2D eigenvalue weighted by molar-refractivity contribution is -0.172. The van der Waals surface area contributed by atoms with Crippen LogP contribution in [0.3, 0.4) is 0 Å². The number of anilines is 1. The molecule has 1 saturated heterocycles. The molecule has 1 fully saturated rings. The smallest absolute Gasteiger partial charge is 0.445 e. The van der Waals surface area contributed by atoms with Crippen molar-refractivity contribution in [2.75, 3.05) is 25.3 Å². The molecule has 3 aromatic carbocycles. The van der Waals surface area contributed by atoms with E-state index in [1.807, 2.05) is 42.5 Å². The minimum Gasteiger partial charge on any atom is -0.497 e. The van der Waals surface area contributed by atoms with E-state index in [9.17, 15) is 19.5 Å². The first-order valence-corrected chi connectivity index (χ1v) is 11.9. The summed E-state index contributed by atoms with van der Waals surface area (Å²) in [6, 6.07) is 23.4. The molecule has 0 aliphatic carbocycles. The number of ether oxygens (including phenoxy) is 2. The number of methoxy groups -OCH3 is 1. The number of benzene rings is 3. The van der Waals surface area contributed by atoms with Gasteiger partial charge in [-0.05, 0) is 42.2 Å². The highest BCUT2D eigenvalue weighted by Gasteiger charge is 2.31. The van der Waals surface area contributed by atoms with Gasteiger partial charge in [-0.1, -0.05) is 60.7 Å². The van der Waals surface area contributed by atoms with Gasteiger partial charge in [-0.2, -0.15) is 0 Å². The third kappa shape index (κ3) is 6.65. The zero-order chi connectivity index (χ0) is 26.2. The molecule has 3 aromatic rings. The van der Waals surface area contributed by atoms with E-state index >= 15 is 0 Å². The number of hydrogen-bond acceptors (Lipinski definition) is 7. The number of hydroxylamine groups is 1. The Hall–Kier alpha value is -4.37. The summed E-state index contributed by atoms with van der Waals surface area (Å²) in [5.41, 5.74) is 2.47. The molecule has 0 atom stereocenters. The highest BCUT2D eigenvalue weighted by Crippen LogP contribution is 2.31. The Kier molecular flexibility index (Phi) is 8.37. The Morgan fingerprint density at radius 1 is 0.919 bits per heavy atom. The number of piperidine rings is 1. The summed E-state index contributed by atoms with van der Waals surface area (Å²) in [6.45, 7) is 2.08. The topological polar surface area (TPSA) is 106 Å². The number of carboxylic acid groups (broad SMARTS) is 1. The monoisotopic (exact) mass is 504 g/mol. The third-order valence-electron chi connectivity index (χ3n) is 6.07. The van der Waals surface area contributed by atoms with Crippen molar-refractivity contribution in [2.24, 2.45) is 0 Å². The van der Waals surface area contributed by atoms with Gasteiger partial charge < -0.3 is 19.4 Å². The van der Waals surface area contributed by atoms with E-state index in [0.29, 0.717) is 36.6 Å². The van der Waals surface area contributed by atoms with Crippen LogP contribution >= 0.6 is 0 Å². The first-order valence-electron chi connectivity index (χ1n) is 11.9. The maximum absolute atomic E-state index is 12.5. The Morgan fingerprint density at radius 2 is 1.62 bits per heavy atom. The second kappa shape index (κ2) is 12.0. The fourth-order valence-corrected chi connectivity index (χ4v) is 4.24. The number of hydrogen-bond donors (Lipinski definition) is 1. The van der Waals surface area contributed by atoms with Crippen molar-refractivity contribution in [3.8, 4) is 16.9 Å². The van der Waals surface area contributed by atoms with E-state index in [0.717, 1.165) is 23.4 Å². The fraction of sp³-hybridized carbons (Fsp3) is 0.250. The number of carbonyl (C=O) groups is 3. The third-order valence-corrected chi connectivity index (χ3v) is 6.07. The lowest BCUT2D eigenvalue weighted by Crippen LogP contribution is -2.40. The van der Waals surface area contributed by atoms with Crippen LogP contribution < -0.4 is 9.80 Å². The van der Waals surface area contributed by atoms with Gasteiger partial charge in [0.05, 0.1) is 12.8 Å². The largest absolute Gasteiger partial charge is 0.497 e. The number of rotatable bonds is 6. The number of nitrogens with zero attached hydrogens (tertiary/aromatic N) is 2. The average Bonchev–Trinajstić information content (AvgIpc) is 2.93. The maximum atomic E-state index is 12.5. The molecule has 1 amide bonds. The Morgan fingerprint density at radius 3 is 2.32 bits per heavy atom. The molecule has 0 radical (unpaired) electrons. The second-order valence-electron chi connectivity index (χ2n) is 8.57. The van der Waals surface area contributed by atoms with Crippen molar-refractivity contribution in [3.63, 3.8) is 0 Å². The number of esters is 1. The molecular formula is C28H28N2O7. The highest BCUT2D eigenvalue weighted by atomic mass is 16.7. The number of carbonyl (C=O) groups excluding carboxylic acids is 2. The number of para-hydroxylation sites is 1. The van der Waals surface area contributed by atoms with Crippen LogP contribution in [0.15, 0.2) is 78.9 Å². The lowest BCUT2D eigenvalue weighted by atomic mass is 10.0. The van der Waals surface area contributed by atoms with Crippen LogP contribution in [0.1, 0.15) is 18.4 Å². The summed E-state index contributed by atoms with van der Waals surface area (Å²) < 4.78 is 10.6. The molecule has 0 bridgehead atoms. The van der Waals surface area contributed by atoms with E-state index in [1.54, 1.807) is 37.4 Å². The molecule has 0 unspecified atom stereocenters. The zero-order valence-electron chi connectivity index (χ0n) is 20.4. The molecule has 9 heteroatoms. The van der Waals surface area contributed by atoms with Gasteiger partial charge in [0.15, 0.2) is 0 Å². The van der Waals surface area contributed by atoms with Gasteiger partial charge in [-0.15, -0.1) is 5.06 Å². The van der Waals surface area contributed by atoms with Crippen LogP contribution in [0.4, 0.5) is 10.5 Å². The molecule has 37 heavy (non-hydrogen) atoms. The first kappa shape index (κ1) is 25.7. The van der Waals surface area contributed by atoms with Crippen LogP contribution in [0.25, 0.3) is 11.1 Å². The summed E-state index contributed by atoms with van der Waals surface area (Å²) in [7, 11) is 1.63. The van der Waals surface area contributed by atoms with Crippen LogP contribution in [-0.4, -0.2) is 54.3 Å². The summed E-state index contributed by atoms with van der Waals surface area (Å²) in [5, 5.41) is 10.1. The molecule has 4 rings (SSSR count). The van der Waals surface area contributed by atoms with E-state index < -0.39 is 24.1 Å². The lowest BCUT2D eigenvalue weighted by Gasteiger charge is -2.31. The van der Waals surface area contributed by atoms with Crippen molar-refractivity contribution in [3.05, 3.63) is 84.4 Å². The second-order valence-corrected chi connectivity index (χ2v) is 8.57. The molecule has 1 heterocycles. The zero-order valence-corrected chi connectivity index (χ0v) is 20.4. The summed E-state index contributed by atoms with van der Waals surface area (Å²) in [5.74, 6) is -1.83. The summed E-state index contributed by atoms with van der Waals surface area (Å²) >= 11 is 0. The SMILES string of the molecule is COc1cccc(CN2CCC(OC(=O)C(=O)ON(C(=O)O)c3ccccc3-c3ccccc3)CC2)c1. The van der Waals surface area contributed by atoms with Crippen molar-refractivity contribution in [2.45, 2.75) is 25.5 Å². The Bertz CT molecular complexity index is 1240. The molecule has 9 nitrogen and oxygen atoms in total. The van der Waals surface area contributed by atoms with Crippen LogP contribution in [0.2, 0.25) is 0 Å². The van der Waals surface area contributed by atoms with Gasteiger partial charge in [-0.25, -0.2) is 14.4 Å². The molecule has 192 valence electrons. The van der Waals surface area contributed by atoms with Crippen LogP contribution in [0, 0.1) is 0 Å². The molecule has 1 aliphatic heterocycles. The predicted octanol–water partition coefficient (Wildman–Crippen LogP) is 4.51. The van der Waals surface area contributed by atoms with E-state index in [-0.39, 0.29) is 5.69 Å². The normalized spacial score (nSPS) is 14.0. The van der Waals surface area contributed by atoms with E-state index in [4.69, 9.17) is 14.3 Å². The predicted molar refractivity (Wildman–Crippen MR) is 136 cm³/mol. The minimum atomic E-state index is -1.55. The maximum Gasteiger partial charge on any atom is 0.445 e. The highest BCUT2D eigenvalue weighted by molar-refractivity contribution is 6.30. The van der Waals surface area contributed by atoms with E-state index in [1.165, 1.54) is 6.07 Å². The summed E-state index contributed by atoms with van der Waals surface area (Å²) in [6.07, 6.45) is -0.919. The standard InChI is InChI=1S/C28H28N2O7/c1-35-23-11-7-8-20(18-23)19-29-16-14-22(15-17-29)36-26(31)27(32)37-30(28(33)34)25-13-6-5-12-24(25)21-9-3-2-4-10-21/h2-13,18,22H,14-17,19H2,1H3,(H,33,34). The summed E-state index contributed by atoms with van der Waals surface area (Å²) in [4.78, 5) is 44.1. The van der Waals surface area contributed by atoms with Gasteiger partial charge in [0.25, 0.3) is 0 Å². The van der Waals surface area contributed by atoms with Gasteiger partial charge >= 0.3 is 18.0 Å². The van der Waals surface area contributed by atoms with Crippen molar-refractivity contribution in [1.29, 1.82) is 0 Å². The van der Waals surface area contributed by atoms with Crippen LogP contribution in [0.5, 0.6) is 5.75 Å². The molecule has 0 spiro atoms. The van der Waals surface area contributed by atoms with Gasteiger partial charge in [0.2, 0.25) is 0 Å². The van der Waals surface area contributed by atoms with Crippen molar-refractivity contribution >= 4 is 23.7 Å². The molecule has 0 saturated carbocycles. The van der Waals surface area contributed by atoms with Crippen molar-refractivity contribution < 1.29 is 33.8 Å². The Labute approximate surface area is 214 Å². The fourth-order valence-electron chi connectivity index (χ4n) is 4.24. The van der Waals surface area contributed by atoms with Gasteiger partial charge in [0, 0.05) is 25.2 Å². The number of likely N-dealkylation sites (tertiary alicyclic amines) is 1. The number of amides is 1.